The Balaban J connectivity index is 1.92. The van der Waals surface area contributed by atoms with E-state index in [1.54, 1.807) is 42.5 Å². The normalized spacial score (nSPS) is 13.4. The lowest BCUT2D eigenvalue weighted by Gasteiger charge is -2.36. The first kappa shape index (κ1) is 26.7. The van der Waals surface area contributed by atoms with Gasteiger partial charge in [0.2, 0.25) is 0 Å². The monoisotopic (exact) mass is 530 g/mol. The summed E-state index contributed by atoms with van der Waals surface area (Å²) in [7, 11) is 0. The molecule has 0 fully saturated rings. The molecule has 0 saturated heterocycles. The number of aromatic nitrogens is 1. The number of pyridine rings is 1. The second kappa shape index (κ2) is 10.6. The maximum atomic E-state index is 13.7. The molecule has 1 heterocycles. The van der Waals surface area contributed by atoms with E-state index in [-0.39, 0.29) is 17.7 Å². The van der Waals surface area contributed by atoms with Gasteiger partial charge in [0.1, 0.15) is 11.3 Å². The van der Waals surface area contributed by atoms with E-state index in [4.69, 9.17) is 0 Å². The standard InChI is InChI=1S/C28H20F6N2O2/c29-27(30,31)21-12-8-11-20(17-21)26(24-15-6-7-16-35-24,18-19-9-2-1-3-10-19)36-25(37)22-13-4-5-14-23(22)38-28(32,33)34/h1-17H,18H2,(H,36,37). The zero-order valence-corrected chi connectivity index (χ0v) is 19.6. The highest BCUT2D eigenvalue weighted by atomic mass is 19.4. The number of ether oxygens (including phenoxy) is 1. The number of nitrogens with one attached hydrogen (secondary N) is 1. The predicted octanol–water partition coefficient (Wildman–Crippen LogP) is 6.92. The average molecular weight is 530 g/mol. The van der Waals surface area contributed by atoms with Crippen LogP contribution in [0.5, 0.6) is 5.75 Å². The number of benzene rings is 3. The van der Waals surface area contributed by atoms with Gasteiger partial charge in [-0.15, -0.1) is 13.2 Å². The van der Waals surface area contributed by atoms with Crippen molar-refractivity contribution in [3.63, 3.8) is 0 Å². The molecule has 0 spiro atoms. The van der Waals surface area contributed by atoms with Gasteiger partial charge in [0, 0.05) is 12.6 Å². The highest BCUT2D eigenvalue weighted by molar-refractivity contribution is 5.97. The highest BCUT2D eigenvalue weighted by Crippen LogP contribution is 2.37. The van der Waals surface area contributed by atoms with Crippen LogP contribution < -0.4 is 10.1 Å². The molecule has 1 aromatic heterocycles. The van der Waals surface area contributed by atoms with E-state index in [1.807, 2.05) is 0 Å². The molecule has 1 atom stereocenters. The molecule has 196 valence electrons. The lowest BCUT2D eigenvalue weighted by Crippen LogP contribution is -2.49. The fourth-order valence-electron chi connectivity index (χ4n) is 4.13. The van der Waals surface area contributed by atoms with Crippen molar-refractivity contribution in [1.82, 2.24) is 10.3 Å². The fraction of sp³-hybridized carbons (Fsp3) is 0.143. The summed E-state index contributed by atoms with van der Waals surface area (Å²) in [5.74, 6) is -1.75. The van der Waals surface area contributed by atoms with Crippen LogP contribution in [0.25, 0.3) is 0 Å². The van der Waals surface area contributed by atoms with Gasteiger partial charge in [-0.2, -0.15) is 13.2 Å². The van der Waals surface area contributed by atoms with Crippen molar-refractivity contribution in [1.29, 1.82) is 0 Å². The van der Waals surface area contributed by atoms with Crippen molar-refractivity contribution in [3.8, 4) is 5.75 Å². The van der Waals surface area contributed by atoms with Crippen molar-refractivity contribution in [2.75, 3.05) is 0 Å². The Morgan fingerprint density at radius 1 is 0.763 bits per heavy atom. The zero-order chi connectivity index (χ0) is 27.4. The lowest BCUT2D eigenvalue weighted by molar-refractivity contribution is -0.274. The van der Waals surface area contributed by atoms with Crippen LogP contribution in [0.4, 0.5) is 26.3 Å². The summed E-state index contributed by atoms with van der Waals surface area (Å²) in [6.07, 6.45) is -8.40. The summed E-state index contributed by atoms with van der Waals surface area (Å²) in [4.78, 5) is 17.9. The van der Waals surface area contributed by atoms with Crippen molar-refractivity contribution >= 4 is 5.91 Å². The van der Waals surface area contributed by atoms with E-state index in [0.29, 0.717) is 5.56 Å². The molecular formula is C28H20F6N2O2. The molecule has 0 aliphatic heterocycles. The number of nitrogens with zero attached hydrogens (tertiary/aromatic N) is 1. The van der Waals surface area contributed by atoms with Crippen LogP contribution >= 0.6 is 0 Å². The number of rotatable bonds is 7. The molecule has 1 amide bonds. The van der Waals surface area contributed by atoms with Gasteiger partial charge in [-0.05, 0) is 47.5 Å². The maximum Gasteiger partial charge on any atom is 0.573 e. The lowest BCUT2D eigenvalue weighted by atomic mass is 9.79. The SMILES string of the molecule is O=C(NC(Cc1ccccc1)(c1cccc(C(F)(F)F)c1)c1ccccn1)c1ccccc1OC(F)(F)F. The van der Waals surface area contributed by atoms with Crippen LogP contribution in [-0.4, -0.2) is 17.3 Å². The number of hydrogen-bond donors (Lipinski definition) is 1. The summed E-state index contributed by atoms with van der Waals surface area (Å²) in [6.45, 7) is 0. The Hall–Kier alpha value is -4.34. The van der Waals surface area contributed by atoms with Gasteiger partial charge in [0.15, 0.2) is 0 Å². The van der Waals surface area contributed by atoms with Gasteiger partial charge in [-0.1, -0.05) is 60.7 Å². The second-order valence-electron chi connectivity index (χ2n) is 8.36. The third-order valence-corrected chi connectivity index (χ3v) is 5.78. The van der Waals surface area contributed by atoms with Gasteiger partial charge in [-0.25, -0.2) is 0 Å². The first-order valence-corrected chi connectivity index (χ1v) is 11.3. The number of para-hydroxylation sites is 1. The smallest absolute Gasteiger partial charge is 0.405 e. The fourth-order valence-corrected chi connectivity index (χ4v) is 4.13. The Labute approximate surface area is 213 Å². The maximum absolute atomic E-state index is 13.7. The number of carbonyl (C=O) groups is 1. The molecule has 1 unspecified atom stereocenters. The molecule has 38 heavy (non-hydrogen) atoms. The minimum atomic E-state index is -5.07. The van der Waals surface area contributed by atoms with E-state index in [2.05, 4.69) is 15.0 Å². The highest BCUT2D eigenvalue weighted by Gasteiger charge is 2.41. The largest absolute Gasteiger partial charge is 0.573 e. The summed E-state index contributed by atoms with van der Waals surface area (Å²) >= 11 is 0. The van der Waals surface area contributed by atoms with Crippen LogP contribution in [0.1, 0.15) is 32.7 Å². The molecule has 1 N–H and O–H groups in total. The Kier molecular flexibility index (Phi) is 7.43. The van der Waals surface area contributed by atoms with E-state index >= 15 is 0 Å². The van der Waals surface area contributed by atoms with E-state index in [1.165, 1.54) is 36.5 Å². The van der Waals surface area contributed by atoms with Crippen molar-refractivity contribution in [2.45, 2.75) is 24.5 Å². The molecule has 0 aliphatic carbocycles. The minimum absolute atomic E-state index is 0.0393. The second-order valence-corrected chi connectivity index (χ2v) is 8.36. The molecule has 3 aromatic carbocycles. The van der Waals surface area contributed by atoms with Crippen molar-refractivity contribution in [2.24, 2.45) is 0 Å². The van der Waals surface area contributed by atoms with Gasteiger partial charge in [0.05, 0.1) is 16.8 Å². The predicted molar refractivity (Wildman–Crippen MR) is 127 cm³/mol. The summed E-state index contributed by atoms with van der Waals surface area (Å²) in [5.41, 5.74) is -2.26. The number of hydrogen-bond acceptors (Lipinski definition) is 3. The molecular weight excluding hydrogens is 510 g/mol. The van der Waals surface area contributed by atoms with Gasteiger partial charge < -0.3 is 10.1 Å². The molecule has 4 aromatic rings. The third kappa shape index (κ3) is 6.13. The number of halogens is 6. The number of amides is 1. The van der Waals surface area contributed by atoms with Crippen molar-refractivity contribution in [3.05, 3.63) is 131 Å². The quantitative estimate of drug-likeness (QED) is 0.264. The Morgan fingerprint density at radius 2 is 1.42 bits per heavy atom. The van der Waals surface area contributed by atoms with E-state index in [9.17, 15) is 31.1 Å². The van der Waals surface area contributed by atoms with E-state index in [0.717, 1.165) is 24.3 Å². The molecule has 0 bridgehead atoms. The average Bonchev–Trinajstić information content (AvgIpc) is 2.88. The molecule has 0 radical (unpaired) electrons. The van der Waals surface area contributed by atoms with Crippen LogP contribution in [0, 0.1) is 0 Å². The van der Waals surface area contributed by atoms with Crippen LogP contribution in [0.3, 0.4) is 0 Å². The number of carbonyl (C=O) groups excluding carboxylic acids is 1. The minimum Gasteiger partial charge on any atom is -0.405 e. The Bertz CT molecular complexity index is 1390. The van der Waals surface area contributed by atoms with E-state index < -0.39 is 40.9 Å². The number of alkyl halides is 6. The summed E-state index contributed by atoms with van der Waals surface area (Å²) in [6, 6.07) is 22.5. The zero-order valence-electron chi connectivity index (χ0n) is 19.6. The summed E-state index contributed by atoms with van der Waals surface area (Å²) in [5, 5.41) is 2.72. The van der Waals surface area contributed by atoms with Crippen LogP contribution in [-0.2, 0) is 18.1 Å². The molecule has 10 heteroatoms. The van der Waals surface area contributed by atoms with Crippen LogP contribution in [0.15, 0.2) is 103 Å². The molecule has 4 rings (SSSR count). The van der Waals surface area contributed by atoms with Gasteiger partial charge >= 0.3 is 12.5 Å². The topological polar surface area (TPSA) is 51.2 Å². The van der Waals surface area contributed by atoms with Gasteiger partial charge in [0.25, 0.3) is 5.91 Å². The summed E-state index contributed by atoms with van der Waals surface area (Å²) < 4.78 is 84.2. The molecule has 0 saturated carbocycles. The van der Waals surface area contributed by atoms with Crippen LogP contribution in [0.2, 0.25) is 0 Å². The first-order valence-electron chi connectivity index (χ1n) is 11.3. The van der Waals surface area contributed by atoms with Gasteiger partial charge in [-0.3, -0.25) is 9.78 Å². The molecule has 4 nitrogen and oxygen atoms in total. The Morgan fingerprint density at radius 3 is 2.08 bits per heavy atom. The molecule has 0 aliphatic rings. The third-order valence-electron chi connectivity index (χ3n) is 5.78. The first-order chi connectivity index (χ1) is 18.0. The van der Waals surface area contributed by atoms with Crippen molar-refractivity contribution < 1.29 is 35.9 Å².